The monoisotopic (exact) mass is 351 g/mol. The van der Waals surface area contributed by atoms with E-state index in [0.717, 1.165) is 16.6 Å². The summed E-state index contributed by atoms with van der Waals surface area (Å²) in [6.07, 6.45) is 0. The molecule has 0 bridgehead atoms. The zero-order valence-corrected chi connectivity index (χ0v) is 13.9. The zero-order chi connectivity index (χ0) is 15.7. The van der Waals surface area contributed by atoms with Gasteiger partial charge in [0.15, 0.2) is 5.82 Å². The fourth-order valence-electron chi connectivity index (χ4n) is 2.16. The maximum atomic E-state index is 5.94. The number of aromatic nitrogens is 2. The van der Waals surface area contributed by atoms with Crippen molar-refractivity contribution in [3.63, 3.8) is 0 Å². The van der Waals surface area contributed by atoms with Gasteiger partial charge in [-0.2, -0.15) is 0 Å². The number of para-hydroxylation sites is 1. The predicted octanol–water partition coefficient (Wildman–Crippen LogP) is 5.51. The summed E-state index contributed by atoms with van der Waals surface area (Å²) in [7, 11) is 0. The standard InChI is InChI=1S/C16H12Cl3N3/c1-10-5-4-6-11(9-10)20-14-12-7-2-3-8-13(12)21-15(22-14)16(17,18)19/h2-9H,1H3,(H,20,21,22). The van der Waals surface area contributed by atoms with E-state index in [-0.39, 0.29) is 5.82 Å². The van der Waals surface area contributed by atoms with Crippen LogP contribution in [0, 0.1) is 6.92 Å². The van der Waals surface area contributed by atoms with Gasteiger partial charge in [0, 0.05) is 11.1 Å². The van der Waals surface area contributed by atoms with Gasteiger partial charge in [0.1, 0.15) is 5.82 Å². The highest BCUT2D eigenvalue weighted by molar-refractivity contribution is 6.66. The molecule has 0 unspecified atom stereocenters. The Morgan fingerprint density at radius 3 is 2.45 bits per heavy atom. The summed E-state index contributed by atoms with van der Waals surface area (Å²) in [6, 6.07) is 15.6. The lowest BCUT2D eigenvalue weighted by atomic mass is 10.2. The zero-order valence-electron chi connectivity index (χ0n) is 11.6. The van der Waals surface area contributed by atoms with Crippen molar-refractivity contribution < 1.29 is 0 Å². The van der Waals surface area contributed by atoms with Crippen LogP contribution in [0.15, 0.2) is 48.5 Å². The van der Waals surface area contributed by atoms with Crippen LogP contribution in [0.4, 0.5) is 11.5 Å². The number of hydrogen-bond donors (Lipinski definition) is 1. The van der Waals surface area contributed by atoms with Crippen LogP contribution in [0.2, 0.25) is 0 Å². The molecule has 112 valence electrons. The summed E-state index contributed by atoms with van der Waals surface area (Å²) in [5, 5.41) is 4.14. The molecule has 3 rings (SSSR count). The van der Waals surface area contributed by atoms with E-state index < -0.39 is 3.79 Å². The van der Waals surface area contributed by atoms with E-state index in [4.69, 9.17) is 34.8 Å². The lowest BCUT2D eigenvalue weighted by molar-refractivity contribution is 0.999. The first-order valence-electron chi connectivity index (χ1n) is 6.61. The molecule has 3 nitrogen and oxygen atoms in total. The average Bonchev–Trinajstić information content (AvgIpc) is 2.46. The van der Waals surface area contributed by atoms with E-state index in [1.807, 2.05) is 55.5 Å². The van der Waals surface area contributed by atoms with Gasteiger partial charge >= 0.3 is 0 Å². The smallest absolute Gasteiger partial charge is 0.250 e. The molecule has 1 N–H and O–H groups in total. The Kier molecular flexibility index (Phi) is 4.13. The molecule has 2 aromatic carbocycles. The van der Waals surface area contributed by atoms with E-state index in [9.17, 15) is 0 Å². The largest absolute Gasteiger partial charge is 0.340 e. The number of nitrogens with zero attached hydrogens (tertiary/aromatic N) is 2. The Labute approximate surface area is 143 Å². The number of halogens is 3. The third kappa shape index (κ3) is 3.27. The fraction of sp³-hybridized carbons (Fsp3) is 0.125. The molecule has 0 fully saturated rings. The second-order valence-corrected chi connectivity index (χ2v) is 7.19. The molecular formula is C16H12Cl3N3. The number of benzene rings is 2. The molecule has 0 aliphatic rings. The van der Waals surface area contributed by atoms with Gasteiger partial charge < -0.3 is 5.32 Å². The lowest BCUT2D eigenvalue weighted by Crippen LogP contribution is -2.09. The molecule has 0 radical (unpaired) electrons. The van der Waals surface area contributed by atoms with Crippen LogP contribution in [0.5, 0.6) is 0 Å². The lowest BCUT2D eigenvalue weighted by Gasteiger charge is -2.14. The van der Waals surface area contributed by atoms with Crippen molar-refractivity contribution in [3.05, 3.63) is 59.9 Å². The molecule has 0 spiro atoms. The minimum absolute atomic E-state index is 0.145. The van der Waals surface area contributed by atoms with Crippen molar-refractivity contribution in [1.82, 2.24) is 9.97 Å². The van der Waals surface area contributed by atoms with Gasteiger partial charge in [0.05, 0.1) is 5.52 Å². The minimum atomic E-state index is -1.67. The highest BCUT2D eigenvalue weighted by Gasteiger charge is 2.28. The third-order valence-electron chi connectivity index (χ3n) is 3.14. The molecule has 0 saturated heterocycles. The maximum absolute atomic E-state index is 5.94. The molecule has 6 heteroatoms. The Hall–Kier alpha value is -1.55. The minimum Gasteiger partial charge on any atom is -0.340 e. The summed E-state index contributed by atoms with van der Waals surface area (Å²) in [5.74, 6) is 0.754. The third-order valence-corrected chi connectivity index (χ3v) is 3.64. The Morgan fingerprint density at radius 1 is 0.955 bits per heavy atom. The maximum Gasteiger partial charge on any atom is 0.250 e. The van der Waals surface area contributed by atoms with Crippen LogP contribution < -0.4 is 5.32 Å². The molecule has 22 heavy (non-hydrogen) atoms. The SMILES string of the molecule is Cc1cccc(Nc2nc(C(Cl)(Cl)Cl)nc3ccccc23)c1. The van der Waals surface area contributed by atoms with E-state index in [1.54, 1.807) is 0 Å². The van der Waals surface area contributed by atoms with Crippen molar-refractivity contribution in [1.29, 1.82) is 0 Å². The summed E-state index contributed by atoms with van der Waals surface area (Å²) in [6.45, 7) is 2.02. The van der Waals surface area contributed by atoms with Crippen molar-refractivity contribution in [3.8, 4) is 0 Å². The second kappa shape index (κ2) is 5.92. The average molecular weight is 353 g/mol. The molecule has 0 aliphatic carbocycles. The van der Waals surface area contributed by atoms with Gasteiger partial charge in [0.25, 0.3) is 0 Å². The van der Waals surface area contributed by atoms with Crippen LogP contribution in [0.25, 0.3) is 10.9 Å². The molecule has 0 aliphatic heterocycles. The Bertz CT molecular complexity index is 828. The second-order valence-electron chi connectivity index (χ2n) is 4.91. The van der Waals surface area contributed by atoms with Crippen LogP contribution in [0.1, 0.15) is 11.4 Å². The van der Waals surface area contributed by atoms with E-state index in [1.165, 1.54) is 0 Å². The first kappa shape index (κ1) is 15.3. The van der Waals surface area contributed by atoms with Gasteiger partial charge in [-0.25, -0.2) is 9.97 Å². The first-order valence-corrected chi connectivity index (χ1v) is 7.74. The molecule has 0 atom stereocenters. The molecule has 1 heterocycles. The van der Waals surface area contributed by atoms with Gasteiger partial charge in [0.2, 0.25) is 3.79 Å². The van der Waals surface area contributed by atoms with Gasteiger partial charge in [-0.3, -0.25) is 0 Å². The van der Waals surface area contributed by atoms with E-state index >= 15 is 0 Å². The normalized spacial score (nSPS) is 11.6. The highest BCUT2D eigenvalue weighted by atomic mass is 35.6. The Morgan fingerprint density at radius 2 is 1.73 bits per heavy atom. The van der Waals surface area contributed by atoms with Crippen molar-refractivity contribution in [2.75, 3.05) is 5.32 Å². The summed E-state index contributed by atoms with van der Waals surface area (Å²) >= 11 is 17.8. The van der Waals surface area contributed by atoms with Crippen LogP contribution in [0.3, 0.4) is 0 Å². The van der Waals surface area contributed by atoms with Crippen LogP contribution >= 0.6 is 34.8 Å². The number of fused-ring (bicyclic) bond motifs is 1. The summed E-state index contributed by atoms with van der Waals surface area (Å²) < 4.78 is -1.67. The topological polar surface area (TPSA) is 37.8 Å². The quantitative estimate of drug-likeness (QED) is 0.618. The predicted molar refractivity (Wildman–Crippen MR) is 93.2 cm³/mol. The number of nitrogens with one attached hydrogen (secondary N) is 1. The summed E-state index contributed by atoms with van der Waals surface area (Å²) in [4.78, 5) is 8.70. The Balaban J connectivity index is 2.14. The molecule has 1 aromatic heterocycles. The molecular weight excluding hydrogens is 341 g/mol. The number of rotatable bonds is 2. The first-order chi connectivity index (χ1) is 10.4. The summed E-state index contributed by atoms with van der Waals surface area (Å²) in [5.41, 5.74) is 2.78. The van der Waals surface area contributed by atoms with Gasteiger partial charge in [-0.15, -0.1) is 0 Å². The van der Waals surface area contributed by atoms with Crippen molar-refractivity contribution in [2.45, 2.75) is 10.7 Å². The van der Waals surface area contributed by atoms with Gasteiger partial charge in [-0.05, 0) is 36.8 Å². The molecule has 3 aromatic rings. The van der Waals surface area contributed by atoms with Crippen molar-refractivity contribution >= 4 is 57.2 Å². The number of aryl methyl sites for hydroxylation is 1. The highest BCUT2D eigenvalue weighted by Crippen LogP contribution is 2.38. The fourth-order valence-corrected chi connectivity index (χ4v) is 2.41. The van der Waals surface area contributed by atoms with Crippen LogP contribution in [-0.2, 0) is 3.79 Å². The number of hydrogen-bond acceptors (Lipinski definition) is 3. The van der Waals surface area contributed by atoms with E-state index in [2.05, 4.69) is 15.3 Å². The number of anilines is 2. The molecule has 0 amide bonds. The number of alkyl halides is 3. The van der Waals surface area contributed by atoms with E-state index in [0.29, 0.717) is 11.3 Å². The van der Waals surface area contributed by atoms with Crippen LogP contribution in [-0.4, -0.2) is 9.97 Å². The molecule has 0 saturated carbocycles. The van der Waals surface area contributed by atoms with Crippen molar-refractivity contribution in [2.24, 2.45) is 0 Å². The van der Waals surface area contributed by atoms with Gasteiger partial charge in [-0.1, -0.05) is 59.1 Å².